The Morgan fingerprint density at radius 3 is 2.09 bits per heavy atom. The molecule has 0 aromatic heterocycles. The SMILES string of the molecule is CCC1(S(=O)(=O)NC(=O)[C@H]2C3CCC(CC3)[C@@H]2C(F)(F)F)CC1. The minimum absolute atomic E-state index is 0.362. The first kappa shape index (κ1) is 17.0. The summed E-state index contributed by atoms with van der Waals surface area (Å²) >= 11 is 0. The quantitative estimate of drug-likeness (QED) is 0.845. The van der Waals surface area contributed by atoms with Crippen LogP contribution in [0.15, 0.2) is 0 Å². The van der Waals surface area contributed by atoms with Crippen molar-refractivity contribution >= 4 is 15.9 Å². The van der Waals surface area contributed by atoms with Gasteiger partial charge in [-0.15, -0.1) is 0 Å². The van der Waals surface area contributed by atoms with E-state index in [2.05, 4.69) is 0 Å². The molecule has 0 aromatic rings. The molecule has 2 bridgehead atoms. The summed E-state index contributed by atoms with van der Waals surface area (Å²) in [5.74, 6) is -4.83. The predicted octanol–water partition coefficient (Wildman–Crippen LogP) is 2.99. The molecule has 0 heterocycles. The maximum Gasteiger partial charge on any atom is 0.392 e. The van der Waals surface area contributed by atoms with E-state index < -0.39 is 44.6 Å². The first-order valence-corrected chi connectivity index (χ1v) is 9.72. The summed E-state index contributed by atoms with van der Waals surface area (Å²) in [6, 6.07) is 0. The van der Waals surface area contributed by atoms with Crippen LogP contribution in [0.1, 0.15) is 51.9 Å². The van der Waals surface area contributed by atoms with Crippen molar-refractivity contribution in [3.63, 3.8) is 0 Å². The molecular weight excluding hydrogens is 331 g/mol. The lowest BCUT2D eigenvalue weighted by Gasteiger charge is -2.48. The number of amides is 1. The largest absolute Gasteiger partial charge is 0.392 e. The van der Waals surface area contributed by atoms with E-state index >= 15 is 0 Å². The second-order valence-electron chi connectivity index (χ2n) is 7.27. The van der Waals surface area contributed by atoms with Crippen LogP contribution in [0.4, 0.5) is 13.2 Å². The summed E-state index contributed by atoms with van der Waals surface area (Å²) in [6.45, 7) is 1.72. The van der Waals surface area contributed by atoms with Crippen LogP contribution in [0.2, 0.25) is 0 Å². The van der Waals surface area contributed by atoms with Crippen LogP contribution in [0.5, 0.6) is 0 Å². The van der Waals surface area contributed by atoms with Crippen molar-refractivity contribution in [2.75, 3.05) is 0 Å². The smallest absolute Gasteiger partial charge is 0.274 e. The molecule has 0 aliphatic heterocycles. The Kier molecular flexibility index (Phi) is 3.97. The van der Waals surface area contributed by atoms with Gasteiger partial charge in [-0.05, 0) is 56.8 Å². The molecule has 1 N–H and O–H groups in total. The zero-order valence-electron chi connectivity index (χ0n) is 13.0. The summed E-state index contributed by atoms with van der Waals surface area (Å²) in [4.78, 5) is 12.5. The van der Waals surface area contributed by atoms with Gasteiger partial charge in [-0.25, -0.2) is 8.42 Å². The summed E-state index contributed by atoms with van der Waals surface area (Å²) in [5, 5.41) is 0. The molecule has 4 aliphatic rings. The van der Waals surface area contributed by atoms with Gasteiger partial charge in [0.15, 0.2) is 0 Å². The molecule has 23 heavy (non-hydrogen) atoms. The van der Waals surface area contributed by atoms with Gasteiger partial charge in [0, 0.05) is 0 Å². The molecule has 0 aromatic carbocycles. The fourth-order valence-electron chi connectivity index (χ4n) is 4.56. The van der Waals surface area contributed by atoms with Crippen LogP contribution in [-0.4, -0.2) is 25.2 Å². The first-order valence-electron chi connectivity index (χ1n) is 8.24. The van der Waals surface area contributed by atoms with E-state index in [0.29, 0.717) is 44.9 Å². The van der Waals surface area contributed by atoms with Crippen LogP contribution in [-0.2, 0) is 14.8 Å². The zero-order chi connectivity index (χ0) is 17.0. The molecule has 1 amide bonds. The molecule has 4 saturated carbocycles. The van der Waals surface area contributed by atoms with E-state index in [9.17, 15) is 26.4 Å². The Bertz CT molecular complexity index is 590. The topological polar surface area (TPSA) is 63.2 Å². The van der Waals surface area contributed by atoms with Crippen LogP contribution in [0, 0.1) is 23.7 Å². The molecule has 4 nitrogen and oxygen atoms in total. The molecule has 0 unspecified atom stereocenters. The van der Waals surface area contributed by atoms with Gasteiger partial charge in [-0.3, -0.25) is 9.52 Å². The third-order valence-corrected chi connectivity index (χ3v) is 8.46. The van der Waals surface area contributed by atoms with Gasteiger partial charge in [-0.1, -0.05) is 6.92 Å². The Labute approximate surface area is 134 Å². The summed E-state index contributed by atoms with van der Waals surface area (Å²) in [6.07, 6.45) is -1.05. The molecule has 8 heteroatoms. The highest BCUT2D eigenvalue weighted by Gasteiger charge is 2.60. The summed E-state index contributed by atoms with van der Waals surface area (Å²) in [7, 11) is -3.90. The predicted molar refractivity (Wildman–Crippen MR) is 77.8 cm³/mol. The molecule has 4 fully saturated rings. The minimum atomic E-state index is -4.46. The Morgan fingerprint density at radius 2 is 1.65 bits per heavy atom. The Balaban J connectivity index is 1.83. The Morgan fingerprint density at radius 1 is 1.13 bits per heavy atom. The van der Waals surface area contributed by atoms with Crippen molar-refractivity contribution in [1.82, 2.24) is 4.72 Å². The lowest BCUT2D eigenvalue weighted by Crippen LogP contribution is -2.54. The average molecular weight is 353 g/mol. The number of rotatable bonds is 4. The number of sulfonamides is 1. The zero-order valence-corrected chi connectivity index (χ0v) is 13.8. The van der Waals surface area contributed by atoms with Crippen molar-refractivity contribution in [2.24, 2.45) is 23.7 Å². The number of carbonyl (C=O) groups is 1. The number of carbonyl (C=O) groups excluding carboxylic acids is 1. The average Bonchev–Trinajstić information content (AvgIpc) is 3.27. The fourth-order valence-corrected chi connectivity index (χ4v) is 6.20. The molecule has 4 aliphatic carbocycles. The van der Waals surface area contributed by atoms with E-state index in [0.717, 1.165) is 0 Å². The van der Waals surface area contributed by atoms with E-state index in [-0.39, 0.29) is 5.92 Å². The lowest BCUT2D eigenvalue weighted by molar-refractivity contribution is -0.228. The van der Waals surface area contributed by atoms with Crippen LogP contribution in [0.3, 0.4) is 0 Å². The molecule has 132 valence electrons. The van der Waals surface area contributed by atoms with Crippen LogP contribution >= 0.6 is 0 Å². The fraction of sp³-hybridized carbons (Fsp3) is 0.933. The highest BCUT2D eigenvalue weighted by molar-refractivity contribution is 7.91. The van der Waals surface area contributed by atoms with Gasteiger partial charge < -0.3 is 0 Å². The molecule has 2 atom stereocenters. The van der Waals surface area contributed by atoms with Crippen molar-refractivity contribution in [3.8, 4) is 0 Å². The molecule has 4 rings (SSSR count). The summed E-state index contributed by atoms with van der Waals surface area (Å²) < 4.78 is 66.0. The van der Waals surface area contributed by atoms with E-state index in [1.165, 1.54) is 0 Å². The van der Waals surface area contributed by atoms with Gasteiger partial charge in [-0.2, -0.15) is 13.2 Å². The number of hydrogen-bond acceptors (Lipinski definition) is 3. The maximum absolute atomic E-state index is 13.4. The van der Waals surface area contributed by atoms with Gasteiger partial charge in [0.25, 0.3) is 0 Å². The number of halogens is 3. The second kappa shape index (κ2) is 5.36. The standard InChI is InChI=1S/C15H22F3NO3S/c1-2-14(7-8-14)23(21,22)19-13(20)11-9-3-5-10(6-4-9)12(11)15(16,17)18/h9-12H,2-8H2,1H3,(H,19,20)/t9?,10?,11-,12-/m0/s1. The maximum atomic E-state index is 13.4. The van der Waals surface area contributed by atoms with Gasteiger partial charge in [0.1, 0.15) is 0 Å². The van der Waals surface area contributed by atoms with E-state index in [1.807, 2.05) is 4.72 Å². The summed E-state index contributed by atoms with van der Waals surface area (Å²) in [5.41, 5.74) is 0. The van der Waals surface area contributed by atoms with E-state index in [1.54, 1.807) is 6.92 Å². The van der Waals surface area contributed by atoms with Crippen LogP contribution < -0.4 is 4.72 Å². The highest BCUT2D eigenvalue weighted by Crippen LogP contribution is 2.55. The number of nitrogens with one attached hydrogen (secondary N) is 1. The van der Waals surface area contributed by atoms with E-state index in [4.69, 9.17) is 0 Å². The normalized spacial score (nSPS) is 35.8. The molecule has 0 radical (unpaired) electrons. The molecule has 0 spiro atoms. The molecule has 0 saturated heterocycles. The van der Waals surface area contributed by atoms with Crippen molar-refractivity contribution in [1.29, 1.82) is 0 Å². The van der Waals surface area contributed by atoms with Gasteiger partial charge in [0.2, 0.25) is 15.9 Å². The highest BCUT2D eigenvalue weighted by atomic mass is 32.2. The number of hydrogen-bond donors (Lipinski definition) is 1. The van der Waals surface area contributed by atoms with Gasteiger partial charge in [0.05, 0.1) is 16.6 Å². The monoisotopic (exact) mass is 353 g/mol. The third-order valence-electron chi connectivity index (χ3n) is 6.16. The van der Waals surface area contributed by atoms with Gasteiger partial charge >= 0.3 is 6.18 Å². The third kappa shape index (κ3) is 2.76. The Hall–Kier alpha value is -0.790. The lowest BCUT2D eigenvalue weighted by atomic mass is 9.58. The minimum Gasteiger partial charge on any atom is -0.274 e. The second-order valence-corrected chi connectivity index (χ2v) is 9.35. The van der Waals surface area contributed by atoms with Crippen molar-refractivity contribution in [2.45, 2.75) is 62.8 Å². The van der Waals surface area contributed by atoms with Crippen molar-refractivity contribution in [3.05, 3.63) is 0 Å². The number of fused-ring (bicyclic) bond motifs is 3. The van der Waals surface area contributed by atoms with Crippen molar-refractivity contribution < 1.29 is 26.4 Å². The molecular formula is C15H22F3NO3S. The first-order chi connectivity index (χ1) is 10.6. The van der Waals surface area contributed by atoms with Crippen LogP contribution in [0.25, 0.3) is 0 Å². The number of alkyl halides is 3.